The summed E-state index contributed by atoms with van der Waals surface area (Å²) in [6.07, 6.45) is 0.617. The van der Waals surface area contributed by atoms with E-state index in [1.165, 1.54) is 0 Å². The minimum atomic E-state index is -0.796. The number of carboxylic acid groups (broad SMARTS) is 1. The molecule has 0 radical (unpaired) electrons. The van der Waals surface area contributed by atoms with Crippen molar-refractivity contribution in [2.75, 3.05) is 6.54 Å². The van der Waals surface area contributed by atoms with E-state index in [0.29, 0.717) is 6.42 Å². The minimum absolute atomic E-state index is 0. The van der Waals surface area contributed by atoms with E-state index in [4.69, 9.17) is 10.8 Å². The molecule has 0 aromatic rings. The Morgan fingerprint density at radius 3 is 2.22 bits per heavy atom. The number of rotatable bonds is 3. The van der Waals surface area contributed by atoms with Crippen molar-refractivity contribution >= 4 is 5.97 Å². The molecule has 4 nitrogen and oxygen atoms in total. The molecular weight excluding hydrogens is 122 g/mol. The van der Waals surface area contributed by atoms with Crippen molar-refractivity contribution in [1.29, 1.82) is 0 Å². The summed E-state index contributed by atoms with van der Waals surface area (Å²) < 4.78 is 0. The highest BCUT2D eigenvalue weighted by molar-refractivity contribution is 5.70. The fraction of sp³-hybridized carbons (Fsp3) is 0.800. The van der Waals surface area contributed by atoms with Gasteiger partial charge in [-0.1, -0.05) is 6.92 Å². The van der Waals surface area contributed by atoms with Crippen LogP contribution in [0.1, 0.15) is 13.3 Å². The molecule has 0 unspecified atom stereocenters. The maximum absolute atomic E-state index is 10.1. The van der Waals surface area contributed by atoms with Gasteiger partial charge in [-0.2, -0.15) is 0 Å². The SMILES string of the molecule is CC[C@@H](CN)C(=O)O.O. The largest absolute Gasteiger partial charge is 0.481 e. The molecule has 0 bridgehead atoms. The molecule has 0 fully saturated rings. The summed E-state index contributed by atoms with van der Waals surface area (Å²) in [4.78, 5) is 10.1. The predicted molar refractivity (Wildman–Crippen MR) is 34.1 cm³/mol. The minimum Gasteiger partial charge on any atom is -0.481 e. The lowest BCUT2D eigenvalue weighted by Crippen LogP contribution is -2.21. The van der Waals surface area contributed by atoms with Gasteiger partial charge in [0.25, 0.3) is 0 Å². The van der Waals surface area contributed by atoms with E-state index in [-0.39, 0.29) is 17.9 Å². The molecule has 0 saturated carbocycles. The molecule has 56 valence electrons. The van der Waals surface area contributed by atoms with Crippen LogP contribution in [0.5, 0.6) is 0 Å². The number of carboxylic acids is 1. The molecule has 0 amide bonds. The van der Waals surface area contributed by atoms with Gasteiger partial charge < -0.3 is 16.3 Å². The zero-order valence-corrected chi connectivity index (χ0v) is 5.42. The molecule has 0 spiro atoms. The third kappa shape index (κ3) is 3.93. The Hall–Kier alpha value is -0.610. The molecule has 0 aliphatic heterocycles. The van der Waals surface area contributed by atoms with Crippen molar-refractivity contribution in [1.82, 2.24) is 0 Å². The molecule has 5 N–H and O–H groups in total. The topological polar surface area (TPSA) is 94.8 Å². The van der Waals surface area contributed by atoms with Gasteiger partial charge >= 0.3 is 5.97 Å². The highest BCUT2D eigenvalue weighted by Gasteiger charge is 2.10. The van der Waals surface area contributed by atoms with Crippen molar-refractivity contribution in [3.63, 3.8) is 0 Å². The molecule has 0 saturated heterocycles. The first kappa shape index (κ1) is 11.2. The van der Waals surface area contributed by atoms with Crippen molar-refractivity contribution in [3.05, 3.63) is 0 Å². The summed E-state index contributed by atoms with van der Waals surface area (Å²) in [5.74, 6) is -1.15. The van der Waals surface area contributed by atoms with Crippen LogP contribution in [0.2, 0.25) is 0 Å². The third-order valence-corrected chi connectivity index (χ3v) is 1.13. The Kier molecular flexibility index (Phi) is 6.89. The molecular formula is C5H13NO3. The monoisotopic (exact) mass is 135 g/mol. The molecule has 0 aliphatic carbocycles. The van der Waals surface area contributed by atoms with Crippen LogP contribution in [0.15, 0.2) is 0 Å². The number of nitrogens with two attached hydrogens (primary N) is 1. The normalized spacial score (nSPS) is 11.8. The van der Waals surface area contributed by atoms with Gasteiger partial charge in [-0.25, -0.2) is 0 Å². The van der Waals surface area contributed by atoms with Crippen LogP contribution in [-0.2, 0) is 4.79 Å². The van der Waals surface area contributed by atoms with Crippen LogP contribution in [0.4, 0.5) is 0 Å². The molecule has 0 heterocycles. The van der Waals surface area contributed by atoms with Crippen LogP contribution in [0.25, 0.3) is 0 Å². The van der Waals surface area contributed by atoms with Crippen LogP contribution in [0.3, 0.4) is 0 Å². The zero-order valence-electron chi connectivity index (χ0n) is 5.42. The number of hydrogen-bond donors (Lipinski definition) is 2. The van der Waals surface area contributed by atoms with Gasteiger partial charge in [0.2, 0.25) is 0 Å². The predicted octanol–water partition coefficient (Wildman–Crippen LogP) is -0.769. The van der Waals surface area contributed by atoms with Crippen LogP contribution in [-0.4, -0.2) is 23.1 Å². The summed E-state index contributed by atoms with van der Waals surface area (Å²) >= 11 is 0. The molecule has 0 aliphatic rings. The van der Waals surface area contributed by atoms with E-state index in [0.717, 1.165) is 0 Å². The van der Waals surface area contributed by atoms with Crippen molar-refractivity contribution in [2.24, 2.45) is 11.7 Å². The second kappa shape index (κ2) is 5.53. The van der Waals surface area contributed by atoms with Gasteiger partial charge in [-0.3, -0.25) is 4.79 Å². The molecule has 0 aromatic heterocycles. The van der Waals surface area contributed by atoms with Gasteiger partial charge in [-0.15, -0.1) is 0 Å². The summed E-state index contributed by atoms with van der Waals surface area (Å²) in [6, 6.07) is 0. The van der Waals surface area contributed by atoms with Crippen molar-refractivity contribution < 1.29 is 15.4 Å². The maximum atomic E-state index is 10.1. The van der Waals surface area contributed by atoms with Crippen LogP contribution < -0.4 is 5.73 Å². The van der Waals surface area contributed by atoms with Crippen LogP contribution in [0, 0.1) is 5.92 Å². The lowest BCUT2D eigenvalue weighted by molar-refractivity contribution is -0.141. The number of carbonyl (C=O) groups is 1. The molecule has 1 atom stereocenters. The Morgan fingerprint density at radius 2 is 2.22 bits per heavy atom. The van der Waals surface area contributed by atoms with Gasteiger partial charge in [0.15, 0.2) is 0 Å². The number of aliphatic carboxylic acids is 1. The summed E-state index contributed by atoms with van der Waals surface area (Å²) in [7, 11) is 0. The highest BCUT2D eigenvalue weighted by Crippen LogP contribution is 1.97. The maximum Gasteiger partial charge on any atom is 0.307 e. The van der Waals surface area contributed by atoms with E-state index >= 15 is 0 Å². The van der Waals surface area contributed by atoms with E-state index in [1.54, 1.807) is 0 Å². The Morgan fingerprint density at radius 1 is 1.78 bits per heavy atom. The lowest BCUT2D eigenvalue weighted by atomic mass is 10.1. The molecule has 9 heavy (non-hydrogen) atoms. The van der Waals surface area contributed by atoms with Gasteiger partial charge in [-0.05, 0) is 6.42 Å². The average molecular weight is 135 g/mol. The molecule has 4 heteroatoms. The smallest absolute Gasteiger partial charge is 0.307 e. The fourth-order valence-electron chi connectivity index (χ4n) is 0.442. The zero-order chi connectivity index (χ0) is 6.57. The standard InChI is InChI=1S/C5H11NO2.H2O/c1-2-4(3-6)5(7)8;/h4H,2-3,6H2,1H3,(H,7,8);1H2/t4-;/m0./s1. The Balaban J connectivity index is 0. The summed E-state index contributed by atoms with van der Waals surface area (Å²) in [5.41, 5.74) is 5.10. The molecule has 0 rings (SSSR count). The quantitative estimate of drug-likeness (QED) is 0.532. The first-order chi connectivity index (χ1) is 3.72. The third-order valence-electron chi connectivity index (χ3n) is 1.13. The first-order valence-corrected chi connectivity index (χ1v) is 2.65. The van der Waals surface area contributed by atoms with E-state index in [9.17, 15) is 4.79 Å². The molecule has 0 aromatic carbocycles. The van der Waals surface area contributed by atoms with Crippen molar-refractivity contribution in [2.45, 2.75) is 13.3 Å². The lowest BCUT2D eigenvalue weighted by Gasteiger charge is -2.02. The van der Waals surface area contributed by atoms with E-state index < -0.39 is 5.97 Å². The highest BCUT2D eigenvalue weighted by atomic mass is 16.4. The second-order valence-corrected chi connectivity index (χ2v) is 1.68. The van der Waals surface area contributed by atoms with Gasteiger partial charge in [0.1, 0.15) is 0 Å². The van der Waals surface area contributed by atoms with E-state index in [1.807, 2.05) is 6.92 Å². The van der Waals surface area contributed by atoms with Gasteiger partial charge in [0, 0.05) is 6.54 Å². The van der Waals surface area contributed by atoms with Crippen molar-refractivity contribution in [3.8, 4) is 0 Å². The Labute approximate surface area is 54.0 Å². The van der Waals surface area contributed by atoms with Gasteiger partial charge in [0.05, 0.1) is 5.92 Å². The second-order valence-electron chi connectivity index (χ2n) is 1.68. The first-order valence-electron chi connectivity index (χ1n) is 2.65. The van der Waals surface area contributed by atoms with E-state index in [2.05, 4.69) is 0 Å². The fourth-order valence-corrected chi connectivity index (χ4v) is 0.442. The Bertz CT molecular complexity index is 80.3. The summed E-state index contributed by atoms with van der Waals surface area (Å²) in [6.45, 7) is 2.05. The average Bonchev–Trinajstić information content (AvgIpc) is 1.69. The number of hydrogen-bond acceptors (Lipinski definition) is 2. The summed E-state index contributed by atoms with van der Waals surface area (Å²) in [5, 5.41) is 8.29. The van der Waals surface area contributed by atoms with Crippen LogP contribution >= 0.6 is 0 Å².